The number of rotatable bonds is 6. The van der Waals surface area contributed by atoms with Gasteiger partial charge >= 0.3 is 0 Å². The van der Waals surface area contributed by atoms with E-state index in [0.29, 0.717) is 16.6 Å². The summed E-state index contributed by atoms with van der Waals surface area (Å²) in [5, 5.41) is 28.3. The Morgan fingerprint density at radius 1 is 1.03 bits per heavy atom. The van der Waals surface area contributed by atoms with Gasteiger partial charge in [0.2, 0.25) is 10.0 Å². The summed E-state index contributed by atoms with van der Waals surface area (Å²) in [5.41, 5.74) is 4.62. The van der Waals surface area contributed by atoms with E-state index in [0.717, 1.165) is 52.3 Å². The minimum Gasteiger partial charge on any atom is -0.266 e. The highest BCUT2D eigenvalue weighted by Crippen LogP contribution is 2.38. The molecule has 37 heavy (non-hydrogen) atoms. The lowest BCUT2D eigenvalue weighted by Gasteiger charge is -2.29. The van der Waals surface area contributed by atoms with Crippen molar-refractivity contribution >= 4 is 27.3 Å². The summed E-state index contributed by atoms with van der Waals surface area (Å²) in [6, 6.07) is 14.0. The molecule has 11 heteroatoms. The minimum absolute atomic E-state index is 0.0333. The van der Waals surface area contributed by atoms with Crippen LogP contribution in [0.5, 0.6) is 0 Å². The Labute approximate surface area is 219 Å². The van der Waals surface area contributed by atoms with Crippen molar-refractivity contribution in [3.8, 4) is 23.3 Å². The van der Waals surface area contributed by atoms with Crippen molar-refractivity contribution in [3.05, 3.63) is 65.7 Å². The van der Waals surface area contributed by atoms with Crippen molar-refractivity contribution in [3.63, 3.8) is 0 Å². The van der Waals surface area contributed by atoms with Gasteiger partial charge in [0.05, 0.1) is 41.3 Å². The Morgan fingerprint density at radius 3 is 2.46 bits per heavy atom. The van der Waals surface area contributed by atoms with Crippen molar-refractivity contribution in [1.82, 2.24) is 24.1 Å². The molecule has 4 aromatic rings. The Hall–Kier alpha value is -3.64. The summed E-state index contributed by atoms with van der Waals surface area (Å²) in [5.74, 6) is 0. The number of aromatic nitrogens is 4. The van der Waals surface area contributed by atoms with Gasteiger partial charge in [0.15, 0.2) is 0 Å². The maximum Gasteiger partial charge on any atom is 0.208 e. The lowest BCUT2D eigenvalue weighted by atomic mass is 9.91. The summed E-state index contributed by atoms with van der Waals surface area (Å²) in [6.07, 6.45) is 9.71. The van der Waals surface area contributed by atoms with Gasteiger partial charge in [0.25, 0.3) is 0 Å². The summed E-state index contributed by atoms with van der Waals surface area (Å²) >= 11 is 1.44. The number of pyridine rings is 1. The molecule has 1 aliphatic rings. The number of benzene rings is 1. The van der Waals surface area contributed by atoms with Crippen LogP contribution in [0.4, 0.5) is 0 Å². The van der Waals surface area contributed by atoms with Gasteiger partial charge in [0, 0.05) is 38.9 Å². The Balaban J connectivity index is 1.49. The molecule has 188 valence electrons. The van der Waals surface area contributed by atoms with Crippen LogP contribution >= 0.6 is 11.8 Å². The van der Waals surface area contributed by atoms with E-state index in [1.807, 2.05) is 48.3 Å². The molecule has 1 aromatic carbocycles. The zero-order chi connectivity index (χ0) is 26.2. The summed E-state index contributed by atoms with van der Waals surface area (Å²) < 4.78 is 29.6. The average Bonchev–Trinajstić information content (AvgIpc) is 3.47. The topological polar surface area (TPSA) is 129 Å². The maximum atomic E-state index is 11.6. The summed E-state index contributed by atoms with van der Waals surface area (Å²) in [4.78, 5) is 1.63. The second kappa shape index (κ2) is 10.0. The fourth-order valence-corrected chi connectivity index (χ4v) is 6.91. The first-order chi connectivity index (χ1) is 17.8. The first-order valence-electron chi connectivity index (χ1n) is 11.9. The highest BCUT2D eigenvalue weighted by Gasteiger charge is 2.26. The number of nitriles is 2. The maximum absolute atomic E-state index is 11.6. The number of sulfonamides is 1. The van der Waals surface area contributed by atoms with Crippen LogP contribution in [-0.2, 0) is 10.0 Å². The Kier molecular flexibility index (Phi) is 6.78. The zero-order valence-electron chi connectivity index (χ0n) is 20.4. The molecule has 1 fully saturated rings. The number of hydrogen-bond donors (Lipinski definition) is 1. The molecule has 1 N–H and O–H groups in total. The smallest absolute Gasteiger partial charge is 0.208 e. The number of fused-ring (bicyclic) bond motifs is 1. The molecular weight excluding hydrogens is 506 g/mol. The quantitative estimate of drug-likeness (QED) is 0.389. The van der Waals surface area contributed by atoms with E-state index < -0.39 is 10.0 Å². The van der Waals surface area contributed by atoms with E-state index in [1.54, 1.807) is 16.8 Å². The second-order valence-corrected chi connectivity index (χ2v) is 12.1. The molecular formula is C26H25N7O2S2. The standard InChI is InChI=1S/C26H25N7O2S2/c1-17-23(15-30-33(17)22-9-7-21(8-10-22)31-37(2,34)35)19-11-25(26-20(13-28)14-29-32(26)16-19)36-24-6-4-3-5-18(24)12-27/h3-6,11,14-16,21-22,31H,7-10H2,1-2H3. The number of nitrogens with one attached hydrogen (secondary N) is 1. The third kappa shape index (κ3) is 5.12. The van der Waals surface area contributed by atoms with Crippen LogP contribution in [0, 0.1) is 29.6 Å². The lowest BCUT2D eigenvalue weighted by molar-refractivity contribution is 0.290. The van der Waals surface area contributed by atoms with Crippen molar-refractivity contribution < 1.29 is 8.42 Å². The first-order valence-corrected chi connectivity index (χ1v) is 14.6. The number of nitrogens with zero attached hydrogens (tertiary/aromatic N) is 6. The van der Waals surface area contributed by atoms with Gasteiger partial charge in [-0.05, 0) is 50.8 Å². The highest BCUT2D eigenvalue weighted by molar-refractivity contribution is 7.99. The van der Waals surface area contributed by atoms with Crippen LogP contribution in [0.2, 0.25) is 0 Å². The number of hydrogen-bond acceptors (Lipinski definition) is 7. The van der Waals surface area contributed by atoms with E-state index in [1.165, 1.54) is 18.0 Å². The van der Waals surface area contributed by atoms with Crippen LogP contribution in [-0.4, -0.2) is 40.1 Å². The van der Waals surface area contributed by atoms with E-state index in [4.69, 9.17) is 5.10 Å². The van der Waals surface area contributed by atoms with Gasteiger partial charge in [-0.2, -0.15) is 20.7 Å². The van der Waals surface area contributed by atoms with Crippen molar-refractivity contribution in [2.45, 2.75) is 54.5 Å². The zero-order valence-corrected chi connectivity index (χ0v) is 22.1. The Bertz CT molecular complexity index is 1670. The summed E-state index contributed by atoms with van der Waals surface area (Å²) in [7, 11) is -3.22. The van der Waals surface area contributed by atoms with E-state index in [-0.39, 0.29) is 12.1 Å². The van der Waals surface area contributed by atoms with E-state index >= 15 is 0 Å². The normalized spacial score (nSPS) is 17.9. The molecule has 0 radical (unpaired) electrons. The fraction of sp³-hybridized carbons (Fsp3) is 0.308. The molecule has 5 rings (SSSR count). The monoisotopic (exact) mass is 531 g/mol. The van der Waals surface area contributed by atoms with Gasteiger partial charge in [-0.15, -0.1) is 0 Å². The Morgan fingerprint density at radius 2 is 1.76 bits per heavy atom. The first kappa shape index (κ1) is 25.0. The van der Waals surface area contributed by atoms with Crippen molar-refractivity contribution in [2.24, 2.45) is 0 Å². The molecule has 3 heterocycles. The van der Waals surface area contributed by atoms with Crippen LogP contribution < -0.4 is 4.72 Å². The van der Waals surface area contributed by atoms with Gasteiger partial charge in [-0.1, -0.05) is 23.9 Å². The van der Waals surface area contributed by atoms with Crippen LogP contribution in [0.3, 0.4) is 0 Å². The molecule has 0 saturated heterocycles. The van der Waals surface area contributed by atoms with Crippen LogP contribution in [0.15, 0.2) is 58.7 Å². The highest BCUT2D eigenvalue weighted by atomic mass is 32.2. The third-order valence-electron chi connectivity index (χ3n) is 6.70. The van der Waals surface area contributed by atoms with Gasteiger partial charge < -0.3 is 0 Å². The predicted molar refractivity (Wildman–Crippen MR) is 140 cm³/mol. The average molecular weight is 532 g/mol. The van der Waals surface area contributed by atoms with Gasteiger partial charge in [0.1, 0.15) is 12.1 Å². The van der Waals surface area contributed by atoms with Crippen LogP contribution in [0.25, 0.3) is 16.6 Å². The molecule has 1 saturated carbocycles. The molecule has 1 aliphatic carbocycles. The molecule has 0 atom stereocenters. The van der Waals surface area contributed by atoms with Crippen molar-refractivity contribution in [1.29, 1.82) is 10.5 Å². The molecule has 0 aliphatic heterocycles. The molecule has 0 spiro atoms. The van der Waals surface area contributed by atoms with E-state index in [9.17, 15) is 18.9 Å². The lowest BCUT2D eigenvalue weighted by Crippen LogP contribution is -2.37. The fourth-order valence-electron chi connectivity index (χ4n) is 4.97. The molecule has 0 unspecified atom stereocenters. The minimum atomic E-state index is -3.22. The molecule has 0 bridgehead atoms. The van der Waals surface area contributed by atoms with Crippen molar-refractivity contribution in [2.75, 3.05) is 6.26 Å². The van der Waals surface area contributed by atoms with Crippen LogP contribution in [0.1, 0.15) is 48.5 Å². The second-order valence-electron chi connectivity index (χ2n) is 9.25. The summed E-state index contributed by atoms with van der Waals surface area (Å²) in [6.45, 7) is 2.04. The van der Waals surface area contributed by atoms with Gasteiger partial charge in [-0.3, -0.25) is 4.68 Å². The largest absolute Gasteiger partial charge is 0.266 e. The molecule has 9 nitrogen and oxygen atoms in total. The SMILES string of the molecule is Cc1c(-c2cc(Sc3ccccc3C#N)c3c(C#N)cnn3c2)cnn1C1CCC(NS(C)(=O)=O)CC1. The van der Waals surface area contributed by atoms with Gasteiger partial charge in [-0.25, -0.2) is 17.7 Å². The molecule has 3 aromatic heterocycles. The molecule has 0 amide bonds. The van der Waals surface area contributed by atoms with E-state index in [2.05, 4.69) is 22.0 Å². The predicted octanol–water partition coefficient (Wildman–Crippen LogP) is 4.43. The third-order valence-corrected chi connectivity index (χ3v) is 8.57.